The summed E-state index contributed by atoms with van der Waals surface area (Å²) in [6.45, 7) is 5.92. The second-order valence-electron chi connectivity index (χ2n) is 10.3. The molecule has 0 saturated carbocycles. The molecule has 0 aliphatic carbocycles. The monoisotopic (exact) mass is 652 g/mol. The highest BCUT2D eigenvalue weighted by atomic mass is 79.9. The van der Waals surface area contributed by atoms with Gasteiger partial charge in [-0.2, -0.15) is 0 Å². The molecule has 0 bridgehead atoms. The number of methoxy groups -OCH3 is 1. The van der Waals surface area contributed by atoms with E-state index in [0.717, 1.165) is 32.7 Å². The van der Waals surface area contributed by atoms with E-state index in [2.05, 4.69) is 50.9 Å². The normalized spacial score (nSPS) is 14.8. The molecule has 2 aromatic heterocycles. The molecule has 0 saturated heterocycles. The maximum Gasteiger partial charge on any atom is 0.271 e. The molecule has 43 heavy (non-hydrogen) atoms. The first-order valence-electron chi connectivity index (χ1n) is 13.7. The quantitative estimate of drug-likeness (QED) is 0.243. The number of anilines is 1. The number of rotatable bonds is 6. The van der Waals surface area contributed by atoms with Crippen LogP contribution in [-0.2, 0) is 4.79 Å². The second-order valence-corrected chi connectivity index (χ2v) is 12.2. The molecular formula is C34H29BrN4O3S. The summed E-state index contributed by atoms with van der Waals surface area (Å²) in [6, 6.07) is 26.3. The van der Waals surface area contributed by atoms with Crippen LogP contribution in [0.4, 0.5) is 5.69 Å². The van der Waals surface area contributed by atoms with E-state index in [9.17, 15) is 9.59 Å². The van der Waals surface area contributed by atoms with Gasteiger partial charge in [0.25, 0.3) is 11.5 Å². The molecule has 0 spiro atoms. The van der Waals surface area contributed by atoms with Gasteiger partial charge in [0.15, 0.2) is 4.80 Å². The molecule has 7 nitrogen and oxygen atoms in total. The van der Waals surface area contributed by atoms with Crippen molar-refractivity contribution < 1.29 is 9.53 Å². The average molecular weight is 654 g/mol. The smallest absolute Gasteiger partial charge is 0.271 e. The fraction of sp³-hybridized carbons (Fsp3) is 0.147. The van der Waals surface area contributed by atoms with Crippen molar-refractivity contribution in [3.63, 3.8) is 0 Å². The third kappa shape index (κ3) is 5.42. The number of carbonyl (C=O) groups is 1. The highest BCUT2D eigenvalue weighted by Gasteiger charge is 2.32. The first kappa shape index (κ1) is 28.6. The standard InChI is InChI=1S/C34H29BrN4O3S/c1-20-18-24(22(3)38(20)27-14-12-25(35)13-15-27)19-29-33(41)39-31(23-10-16-28(42-4)17-11-23)30(21(2)36-34(39)43-29)32(40)37-26-8-6-5-7-9-26/h5-19,31H,1-4H3,(H,37,40)/b29-19+/t31-/m0/s1. The molecule has 1 N–H and O–H groups in total. The van der Waals surface area contributed by atoms with Gasteiger partial charge in [-0.05, 0) is 92.6 Å². The van der Waals surface area contributed by atoms with Gasteiger partial charge in [0, 0.05) is 27.2 Å². The Bertz CT molecular complexity index is 2060. The number of para-hydroxylation sites is 1. The molecule has 3 heterocycles. The minimum absolute atomic E-state index is 0.199. The molecule has 0 unspecified atom stereocenters. The first-order valence-corrected chi connectivity index (χ1v) is 15.3. The lowest BCUT2D eigenvalue weighted by molar-refractivity contribution is -0.113. The number of fused-ring (bicyclic) bond motifs is 1. The van der Waals surface area contributed by atoms with E-state index in [0.29, 0.717) is 32.0 Å². The lowest BCUT2D eigenvalue weighted by atomic mass is 9.95. The summed E-state index contributed by atoms with van der Waals surface area (Å²) in [5, 5.41) is 2.99. The van der Waals surface area contributed by atoms with Crippen molar-refractivity contribution in [3.8, 4) is 11.4 Å². The lowest BCUT2D eigenvalue weighted by Gasteiger charge is -2.25. The topological polar surface area (TPSA) is 77.6 Å². The highest BCUT2D eigenvalue weighted by Crippen LogP contribution is 2.32. The number of nitrogens with one attached hydrogen (secondary N) is 1. The number of allylic oxidation sites excluding steroid dienone is 1. The van der Waals surface area contributed by atoms with Gasteiger partial charge in [-0.3, -0.25) is 14.2 Å². The Hall–Kier alpha value is -4.47. The number of ether oxygens (including phenoxy) is 1. The summed E-state index contributed by atoms with van der Waals surface area (Å²) in [5.41, 5.74) is 6.32. The summed E-state index contributed by atoms with van der Waals surface area (Å²) < 4.78 is 10.7. The number of hydrogen-bond donors (Lipinski definition) is 1. The molecule has 1 aliphatic rings. The molecule has 6 rings (SSSR count). The van der Waals surface area contributed by atoms with E-state index in [-0.39, 0.29) is 11.5 Å². The van der Waals surface area contributed by atoms with Crippen LogP contribution in [0.15, 0.2) is 110 Å². The molecule has 1 aliphatic heterocycles. The number of hydrogen-bond acceptors (Lipinski definition) is 5. The van der Waals surface area contributed by atoms with Crippen LogP contribution < -0.4 is 24.9 Å². The molecule has 3 aromatic carbocycles. The lowest BCUT2D eigenvalue weighted by Crippen LogP contribution is -2.40. The van der Waals surface area contributed by atoms with Gasteiger partial charge in [-0.15, -0.1) is 0 Å². The van der Waals surface area contributed by atoms with E-state index < -0.39 is 6.04 Å². The Labute approximate surface area is 261 Å². The first-order chi connectivity index (χ1) is 20.7. The highest BCUT2D eigenvalue weighted by molar-refractivity contribution is 9.10. The van der Waals surface area contributed by atoms with Crippen molar-refractivity contribution in [2.24, 2.45) is 4.99 Å². The summed E-state index contributed by atoms with van der Waals surface area (Å²) >= 11 is 4.84. The molecule has 5 aromatic rings. The Morgan fingerprint density at radius 1 is 1.00 bits per heavy atom. The third-order valence-electron chi connectivity index (χ3n) is 7.57. The average Bonchev–Trinajstić information content (AvgIpc) is 3.46. The van der Waals surface area contributed by atoms with Gasteiger partial charge < -0.3 is 14.6 Å². The van der Waals surface area contributed by atoms with Crippen molar-refractivity contribution in [3.05, 3.63) is 143 Å². The number of nitrogens with zero attached hydrogens (tertiary/aromatic N) is 3. The Morgan fingerprint density at radius 3 is 2.37 bits per heavy atom. The fourth-order valence-electron chi connectivity index (χ4n) is 5.50. The second kappa shape index (κ2) is 11.7. The summed E-state index contributed by atoms with van der Waals surface area (Å²) in [5.74, 6) is 0.383. The van der Waals surface area contributed by atoms with Crippen LogP contribution in [0.25, 0.3) is 11.8 Å². The molecule has 0 radical (unpaired) electrons. The number of halogens is 1. The zero-order valence-corrected chi connectivity index (χ0v) is 26.5. The zero-order chi connectivity index (χ0) is 30.2. The minimum atomic E-state index is -0.664. The fourth-order valence-corrected chi connectivity index (χ4v) is 6.80. The van der Waals surface area contributed by atoms with Crippen molar-refractivity contribution in [1.82, 2.24) is 9.13 Å². The maximum absolute atomic E-state index is 14.2. The molecule has 0 fully saturated rings. The Morgan fingerprint density at radius 2 is 1.70 bits per heavy atom. The van der Waals surface area contributed by atoms with E-state index >= 15 is 0 Å². The molecular weight excluding hydrogens is 624 g/mol. The van der Waals surface area contributed by atoms with E-state index in [1.54, 1.807) is 11.7 Å². The van der Waals surface area contributed by atoms with Crippen molar-refractivity contribution >= 4 is 44.9 Å². The number of amides is 1. The predicted octanol–water partition coefficient (Wildman–Crippen LogP) is 6.05. The molecule has 216 valence electrons. The summed E-state index contributed by atoms with van der Waals surface area (Å²) in [6.07, 6.45) is 1.93. The number of aromatic nitrogens is 2. The van der Waals surface area contributed by atoms with Crippen LogP contribution in [-0.4, -0.2) is 22.2 Å². The van der Waals surface area contributed by atoms with E-state index in [4.69, 9.17) is 9.73 Å². The molecule has 9 heteroatoms. The van der Waals surface area contributed by atoms with Crippen LogP contribution in [0.2, 0.25) is 0 Å². The van der Waals surface area contributed by atoms with E-state index in [1.165, 1.54) is 11.3 Å². The Balaban J connectivity index is 1.49. The number of carbonyl (C=O) groups excluding carboxylic acids is 1. The van der Waals surface area contributed by atoms with Crippen molar-refractivity contribution in [1.29, 1.82) is 0 Å². The van der Waals surface area contributed by atoms with Crippen LogP contribution in [0, 0.1) is 13.8 Å². The van der Waals surface area contributed by atoms with Gasteiger partial charge in [-0.25, -0.2) is 4.99 Å². The third-order valence-corrected chi connectivity index (χ3v) is 9.08. The van der Waals surface area contributed by atoms with Crippen LogP contribution >= 0.6 is 27.3 Å². The number of aryl methyl sites for hydroxylation is 1. The van der Waals surface area contributed by atoms with Gasteiger partial charge in [0.2, 0.25) is 0 Å². The predicted molar refractivity (Wildman–Crippen MR) is 175 cm³/mol. The molecule has 1 atom stereocenters. The summed E-state index contributed by atoms with van der Waals surface area (Å²) in [7, 11) is 1.61. The van der Waals surface area contributed by atoms with Gasteiger partial charge in [-0.1, -0.05) is 57.6 Å². The maximum atomic E-state index is 14.2. The van der Waals surface area contributed by atoms with Crippen LogP contribution in [0.1, 0.15) is 35.5 Å². The van der Waals surface area contributed by atoms with Gasteiger partial charge >= 0.3 is 0 Å². The SMILES string of the molecule is COc1ccc([C@H]2C(C(=O)Nc3ccccc3)=C(C)N=c3s/c(=C/c4cc(C)n(-c5ccc(Br)cc5)c4C)c(=O)n32)cc1. The summed E-state index contributed by atoms with van der Waals surface area (Å²) in [4.78, 5) is 33.2. The molecule has 1 amide bonds. The van der Waals surface area contributed by atoms with E-state index in [1.807, 2.05) is 86.7 Å². The Kier molecular flexibility index (Phi) is 7.77. The van der Waals surface area contributed by atoms with Crippen molar-refractivity contribution in [2.75, 3.05) is 12.4 Å². The van der Waals surface area contributed by atoms with Crippen LogP contribution in [0.5, 0.6) is 5.75 Å². The van der Waals surface area contributed by atoms with Gasteiger partial charge in [0.05, 0.1) is 29.0 Å². The zero-order valence-electron chi connectivity index (χ0n) is 24.1. The van der Waals surface area contributed by atoms with Crippen molar-refractivity contribution in [2.45, 2.75) is 26.8 Å². The number of benzene rings is 3. The van der Waals surface area contributed by atoms with Gasteiger partial charge in [0.1, 0.15) is 5.75 Å². The largest absolute Gasteiger partial charge is 0.497 e. The number of thiazole rings is 1. The minimum Gasteiger partial charge on any atom is -0.497 e. The van der Waals surface area contributed by atoms with Crippen LogP contribution in [0.3, 0.4) is 0 Å².